The Morgan fingerprint density at radius 3 is 2.65 bits per heavy atom. The maximum Gasteiger partial charge on any atom is 0.247 e. The first-order valence-corrected chi connectivity index (χ1v) is 11.0. The van der Waals surface area contributed by atoms with Gasteiger partial charge in [-0.15, -0.1) is 0 Å². The summed E-state index contributed by atoms with van der Waals surface area (Å²) in [5.41, 5.74) is 1.84. The number of halogens is 2. The van der Waals surface area contributed by atoms with Gasteiger partial charge in [0.15, 0.2) is 11.6 Å². The van der Waals surface area contributed by atoms with Crippen molar-refractivity contribution in [1.29, 1.82) is 0 Å². The van der Waals surface area contributed by atoms with Crippen LogP contribution < -0.4 is 20.7 Å². The number of aromatic nitrogens is 2. The van der Waals surface area contributed by atoms with Gasteiger partial charge >= 0.3 is 0 Å². The Labute approximate surface area is 193 Å². The van der Waals surface area contributed by atoms with E-state index in [0.29, 0.717) is 18.0 Å². The Hall–Kier alpha value is -3.21. The summed E-state index contributed by atoms with van der Waals surface area (Å²) in [6.45, 7) is 4.09. The fourth-order valence-corrected chi connectivity index (χ4v) is 2.84. The number of anilines is 5. The van der Waals surface area contributed by atoms with Crippen molar-refractivity contribution in [1.82, 2.24) is 9.97 Å². The third-order valence-corrected chi connectivity index (χ3v) is 4.74. The van der Waals surface area contributed by atoms with Gasteiger partial charge in [0.25, 0.3) is 0 Å². The lowest BCUT2D eigenvalue weighted by molar-refractivity contribution is -0.111. The average Bonchev–Trinajstić information content (AvgIpc) is 2.77. The highest BCUT2D eigenvalue weighted by atomic mass is 127. The van der Waals surface area contributed by atoms with Crippen molar-refractivity contribution in [3.8, 4) is 5.75 Å². The standard InChI is InChI=1S/C22H21FIN5O2/c1-2-20(30)26-16-5-3-6-17(13-16)27-21-19(23)14-25-22(29-21)28-15-7-9-18(10-8-15)31-12-4-11-24/h2-3,5-10,13-14H,1,4,11-12H2,(H,26,30)(H2,25,27,28,29). The molecule has 3 rings (SSSR count). The van der Waals surface area contributed by atoms with Crippen molar-refractivity contribution in [3.05, 3.63) is 73.2 Å². The molecule has 0 saturated carbocycles. The molecule has 0 saturated heterocycles. The number of carbonyl (C=O) groups is 1. The molecule has 1 aromatic heterocycles. The van der Waals surface area contributed by atoms with Crippen molar-refractivity contribution in [2.45, 2.75) is 6.42 Å². The van der Waals surface area contributed by atoms with Crippen LogP contribution in [0.5, 0.6) is 5.75 Å². The van der Waals surface area contributed by atoms with E-state index in [1.807, 2.05) is 24.3 Å². The van der Waals surface area contributed by atoms with Crippen LogP contribution in [0.25, 0.3) is 0 Å². The van der Waals surface area contributed by atoms with Crippen LogP contribution in [0.3, 0.4) is 0 Å². The number of hydrogen-bond donors (Lipinski definition) is 3. The van der Waals surface area contributed by atoms with Crippen molar-refractivity contribution in [3.63, 3.8) is 0 Å². The molecule has 0 aliphatic carbocycles. The summed E-state index contributed by atoms with van der Waals surface area (Å²) >= 11 is 2.31. The average molecular weight is 533 g/mol. The summed E-state index contributed by atoms with van der Waals surface area (Å²) in [4.78, 5) is 19.7. The Kier molecular flexibility index (Phi) is 8.16. The van der Waals surface area contributed by atoms with Gasteiger partial charge in [0.2, 0.25) is 11.9 Å². The van der Waals surface area contributed by atoms with E-state index in [-0.39, 0.29) is 17.7 Å². The maximum atomic E-state index is 14.2. The zero-order valence-corrected chi connectivity index (χ0v) is 18.7. The molecule has 9 heteroatoms. The molecular weight excluding hydrogens is 512 g/mol. The van der Waals surface area contributed by atoms with Crippen molar-refractivity contribution >= 4 is 57.3 Å². The molecule has 31 heavy (non-hydrogen) atoms. The predicted molar refractivity (Wildman–Crippen MR) is 129 cm³/mol. The minimum absolute atomic E-state index is 0.00319. The van der Waals surface area contributed by atoms with Gasteiger partial charge in [0.1, 0.15) is 5.75 Å². The molecule has 0 fully saturated rings. The van der Waals surface area contributed by atoms with Gasteiger partial charge in [-0.3, -0.25) is 4.79 Å². The van der Waals surface area contributed by atoms with E-state index >= 15 is 0 Å². The molecule has 0 atom stereocenters. The van der Waals surface area contributed by atoms with Crippen LogP contribution in [0.1, 0.15) is 6.42 Å². The molecule has 2 aromatic carbocycles. The fraction of sp³-hybridized carbons (Fsp3) is 0.136. The molecule has 160 valence electrons. The molecule has 1 heterocycles. The smallest absolute Gasteiger partial charge is 0.247 e. The highest BCUT2D eigenvalue weighted by Gasteiger charge is 2.09. The number of alkyl halides is 1. The highest BCUT2D eigenvalue weighted by Crippen LogP contribution is 2.23. The summed E-state index contributed by atoms with van der Waals surface area (Å²) in [7, 11) is 0. The lowest BCUT2D eigenvalue weighted by Gasteiger charge is -2.11. The van der Waals surface area contributed by atoms with Crippen LogP contribution >= 0.6 is 22.6 Å². The van der Waals surface area contributed by atoms with Crippen molar-refractivity contribution in [2.75, 3.05) is 27.0 Å². The van der Waals surface area contributed by atoms with Gasteiger partial charge in [0, 0.05) is 21.5 Å². The van der Waals surface area contributed by atoms with Crippen LogP contribution in [0.15, 0.2) is 67.4 Å². The lowest BCUT2D eigenvalue weighted by atomic mass is 10.2. The van der Waals surface area contributed by atoms with Gasteiger partial charge in [-0.1, -0.05) is 35.2 Å². The van der Waals surface area contributed by atoms with Crippen LogP contribution in [0.2, 0.25) is 0 Å². The van der Waals surface area contributed by atoms with Crippen molar-refractivity contribution < 1.29 is 13.9 Å². The lowest BCUT2D eigenvalue weighted by Crippen LogP contribution is -2.07. The molecule has 7 nitrogen and oxygen atoms in total. The molecule has 0 bridgehead atoms. The van der Waals surface area contributed by atoms with Crippen molar-refractivity contribution in [2.24, 2.45) is 0 Å². The summed E-state index contributed by atoms with van der Waals surface area (Å²) in [6, 6.07) is 14.2. The molecule has 1 amide bonds. The number of nitrogens with one attached hydrogen (secondary N) is 3. The zero-order chi connectivity index (χ0) is 22.1. The Morgan fingerprint density at radius 1 is 1.13 bits per heavy atom. The number of nitrogens with zero attached hydrogens (tertiary/aromatic N) is 2. The molecule has 0 aliphatic heterocycles. The highest BCUT2D eigenvalue weighted by molar-refractivity contribution is 14.1. The molecular formula is C22H21FIN5O2. The van der Waals surface area contributed by atoms with Gasteiger partial charge in [-0.25, -0.2) is 9.37 Å². The van der Waals surface area contributed by atoms with E-state index in [4.69, 9.17) is 4.74 Å². The number of amides is 1. The first-order chi connectivity index (χ1) is 15.1. The second-order valence-corrected chi connectivity index (χ2v) is 7.41. The molecule has 0 aliphatic rings. The Bertz CT molecular complexity index is 1050. The van der Waals surface area contributed by atoms with Crippen LogP contribution in [0.4, 0.5) is 33.2 Å². The van der Waals surface area contributed by atoms with Gasteiger partial charge in [0.05, 0.1) is 12.8 Å². The first kappa shape index (κ1) is 22.5. The fourth-order valence-electron chi connectivity index (χ4n) is 2.53. The molecule has 0 unspecified atom stereocenters. The quantitative estimate of drug-likeness (QED) is 0.139. The molecule has 0 radical (unpaired) electrons. The number of hydrogen-bond acceptors (Lipinski definition) is 6. The second kappa shape index (κ2) is 11.3. The van der Waals surface area contributed by atoms with E-state index in [9.17, 15) is 9.18 Å². The summed E-state index contributed by atoms with van der Waals surface area (Å²) in [6.07, 6.45) is 3.25. The SMILES string of the molecule is C=CC(=O)Nc1cccc(Nc2nc(Nc3ccc(OCCCI)cc3)ncc2F)c1. The summed E-state index contributed by atoms with van der Waals surface area (Å²) < 4.78 is 20.9. The minimum Gasteiger partial charge on any atom is -0.494 e. The predicted octanol–water partition coefficient (Wildman–Crippen LogP) is 5.43. The third kappa shape index (κ3) is 6.92. The topological polar surface area (TPSA) is 88.2 Å². The Morgan fingerprint density at radius 2 is 1.90 bits per heavy atom. The van der Waals surface area contributed by atoms with E-state index in [1.165, 1.54) is 6.08 Å². The number of benzene rings is 2. The Balaban J connectivity index is 1.68. The van der Waals surface area contributed by atoms with Crippen LogP contribution in [-0.2, 0) is 4.79 Å². The number of rotatable bonds is 10. The molecule has 3 aromatic rings. The zero-order valence-electron chi connectivity index (χ0n) is 16.6. The van der Waals surface area contributed by atoms with E-state index in [1.54, 1.807) is 24.3 Å². The maximum absolute atomic E-state index is 14.2. The summed E-state index contributed by atoms with van der Waals surface area (Å²) in [5.74, 6) is 0.0756. The van der Waals surface area contributed by atoms with Gasteiger partial charge in [-0.05, 0) is 55.0 Å². The molecule has 3 N–H and O–H groups in total. The number of carbonyl (C=O) groups excluding carboxylic acids is 1. The second-order valence-electron chi connectivity index (χ2n) is 6.33. The van der Waals surface area contributed by atoms with Crippen LogP contribution in [0, 0.1) is 5.82 Å². The van der Waals surface area contributed by atoms with E-state index < -0.39 is 5.82 Å². The number of ether oxygens (including phenoxy) is 1. The largest absolute Gasteiger partial charge is 0.494 e. The van der Waals surface area contributed by atoms with Gasteiger partial charge in [-0.2, -0.15) is 4.98 Å². The van der Waals surface area contributed by atoms with E-state index in [2.05, 4.69) is 55.1 Å². The summed E-state index contributed by atoms with van der Waals surface area (Å²) in [5, 5.41) is 8.60. The van der Waals surface area contributed by atoms with Crippen LogP contribution in [-0.4, -0.2) is 26.9 Å². The normalized spacial score (nSPS) is 10.3. The monoisotopic (exact) mass is 533 g/mol. The first-order valence-electron chi connectivity index (χ1n) is 9.46. The van der Waals surface area contributed by atoms with Gasteiger partial charge < -0.3 is 20.7 Å². The third-order valence-electron chi connectivity index (χ3n) is 3.98. The minimum atomic E-state index is -0.606. The van der Waals surface area contributed by atoms with E-state index in [0.717, 1.165) is 28.5 Å². The molecule has 0 spiro atoms.